The van der Waals surface area contributed by atoms with E-state index in [1.54, 1.807) is 0 Å². The summed E-state index contributed by atoms with van der Waals surface area (Å²) in [5.41, 5.74) is -0.865. The van der Waals surface area contributed by atoms with Gasteiger partial charge in [0.15, 0.2) is 9.84 Å². The Balaban J connectivity index is 1.70. The van der Waals surface area contributed by atoms with Crippen molar-refractivity contribution in [3.05, 3.63) is 42.5 Å². The third kappa shape index (κ3) is 7.75. The van der Waals surface area contributed by atoms with Crippen LogP contribution in [0.2, 0.25) is 0 Å². The number of hydrogen-bond acceptors (Lipinski definition) is 6. The largest absolute Gasteiger partial charge is 0.481 e. The highest BCUT2D eigenvalue weighted by atomic mass is 32.2. The monoisotopic (exact) mass is 556 g/mol. The van der Waals surface area contributed by atoms with Crippen molar-refractivity contribution >= 4 is 15.8 Å². The van der Waals surface area contributed by atoms with Gasteiger partial charge in [0, 0.05) is 24.6 Å². The molecule has 3 atom stereocenters. The molecular formula is C27H35F3N2O5S. The van der Waals surface area contributed by atoms with Gasteiger partial charge in [0.05, 0.1) is 27.7 Å². The third-order valence-electron chi connectivity index (χ3n) is 7.03. The van der Waals surface area contributed by atoms with Crippen LogP contribution in [0.5, 0.6) is 0 Å². The zero-order valence-electron chi connectivity index (χ0n) is 21.5. The van der Waals surface area contributed by atoms with Crippen molar-refractivity contribution in [3.63, 3.8) is 0 Å². The SMILES string of the molecule is CCCCCCCCCCO[C@@H]1C[C@H](S(=O)(=O)c2ccc(-c3cncnc3)cc2C(F)(F)F)C[C@H]1C(=O)O. The van der Waals surface area contributed by atoms with Gasteiger partial charge < -0.3 is 9.84 Å². The number of carboxylic acids is 1. The van der Waals surface area contributed by atoms with Crippen LogP contribution in [0.4, 0.5) is 13.2 Å². The van der Waals surface area contributed by atoms with E-state index in [1.807, 2.05) is 0 Å². The lowest BCUT2D eigenvalue weighted by Gasteiger charge is -2.18. The number of aliphatic carboxylic acids is 1. The first-order valence-corrected chi connectivity index (χ1v) is 14.6. The highest BCUT2D eigenvalue weighted by molar-refractivity contribution is 7.92. The Hall–Kier alpha value is -2.53. The van der Waals surface area contributed by atoms with Crippen LogP contribution in [0.3, 0.4) is 0 Å². The summed E-state index contributed by atoms with van der Waals surface area (Å²) < 4.78 is 74.6. The molecule has 7 nitrogen and oxygen atoms in total. The van der Waals surface area contributed by atoms with Crippen molar-refractivity contribution in [1.82, 2.24) is 9.97 Å². The summed E-state index contributed by atoms with van der Waals surface area (Å²) in [6.07, 6.45) is 6.24. The molecule has 1 heterocycles. The van der Waals surface area contributed by atoms with Crippen LogP contribution < -0.4 is 0 Å². The summed E-state index contributed by atoms with van der Waals surface area (Å²) in [4.78, 5) is 18.6. The Morgan fingerprint density at radius 3 is 2.24 bits per heavy atom. The van der Waals surface area contributed by atoms with E-state index < -0.39 is 49.7 Å². The fourth-order valence-corrected chi connectivity index (χ4v) is 6.93. The summed E-state index contributed by atoms with van der Waals surface area (Å²) in [5.74, 6) is -2.31. The van der Waals surface area contributed by atoms with Crippen LogP contribution in [0, 0.1) is 5.92 Å². The second kappa shape index (κ2) is 13.5. The lowest BCUT2D eigenvalue weighted by atomic mass is 10.1. The number of hydrogen-bond donors (Lipinski definition) is 1. The number of nitrogens with zero attached hydrogens (tertiary/aromatic N) is 2. The molecule has 11 heteroatoms. The van der Waals surface area contributed by atoms with Gasteiger partial charge in [0.25, 0.3) is 0 Å². The number of carboxylic acid groups (broad SMARTS) is 1. The lowest BCUT2D eigenvalue weighted by Crippen LogP contribution is -2.25. The molecule has 3 rings (SSSR count). The fraction of sp³-hybridized carbons (Fsp3) is 0.593. The molecule has 1 aromatic carbocycles. The lowest BCUT2D eigenvalue weighted by molar-refractivity contribution is -0.146. The second-order valence-corrected chi connectivity index (χ2v) is 12.0. The molecule has 2 aromatic rings. The van der Waals surface area contributed by atoms with Crippen molar-refractivity contribution in [1.29, 1.82) is 0 Å². The Bertz CT molecular complexity index is 1160. The molecule has 1 N–H and O–H groups in total. The Labute approximate surface area is 221 Å². The Morgan fingerprint density at radius 1 is 1.00 bits per heavy atom. The average molecular weight is 557 g/mol. The maximum Gasteiger partial charge on any atom is 0.417 e. The molecule has 1 aromatic heterocycles. The topological polar surface area (TPSA) is 106 Å². The maximum absolute atomic E-state index is 14.0. The van der Waals surface area contributed by atoms with Gasteiger partial charge in [-0.15, -0.1) is 0 Å². The fourth-order valence-electron chi connectivity index (χ4n) is 4.93. The average Bonchev–Trinajstić information content (AvgIpc) is 3.33. The molecule has 1 fully saturated rings. The molecule has 0 spiro atoms. The minimum Gasteiger partial charge on any atom is -0.481 e. The van der Waals surface area contributed by atoms with Crippen LogP contribution in [0.25, 0.3) is 11.1 Å². The third-order valence-corrected chi connectivity index (χ3v) is 9.26. The molecule has 0 unspecified atom stereocenters. The normalized spacial score (nSPS) is 20.1. The predicted octanol–water partition coefficient (Wildman–Crippen LogP) is 6.33. The number of benzene rings is 1. The summed E-state index contributed by atoms with van der Waals surface area (Å²) in [7, 11) is -4.50. The van der Waals surface area contributed by atoms with Crippen LogP contribution in [-0.4, -0.2) is 47.4 Å². The van der Waals surface area contributed by atoms with Gasteiger partial charge in [0.2, 0.25) is 0 Å². The summed E-state index contributed by atoms with van der Waals surface area (Å²) in [5, 5.41) is 8.37. The van der Waals surface area contributed by atoms with E-state index in [4.69, 9.17) is 4.74 Å². The van der Waals surface area contributed by atoms with E-state index >= 15 is 0 Å². The van der Waals surface area contributed by atoms with Crippen LogP contribution in [-0.2, 0) is 25.5 Å². The molecule has 0 bridgehead atoms. The van der Waals surface area contributed by atoms with E-state index in [0.717, 1.165) is 37.8 Å². The van der Waals surface area contributed by atoms with Crippen molar-refractivity contribution < 1.29 is 36.2 Å². The molecule has 1 saturated carbocycles. The van der Waals surface area contributed by atoms with E-state index in [2.05, 4.69) is 16.9 Å². The second-order valence-electron chi connectivity index (χ2n) is 9.80. The van der Waals surface area contributed by atoms with Gasteiger partial charge in [-0.3, -0.25) is 4.79 Å². The maximum atomic E-state index is 14.0. The minimum absolute atomic E-state index is 0.123. The van der Waals surface area contributed by atoms with E-state index in [0.29, 0.717) is 5.56 Å². The molecule has 0 aliphatic heterocycles. The Morgan fingerprint density at radius 2 is 1.63 bits per heavy atom. The molecule has 0 amide bonds. The van der Waals surface area contributed by atoms with E-state index in [9.17, 15) is 31.5 Å². The van der Waals surface area contributed by atoms with Gasteiger partial charge in [0.1, 0.15) is 6.33 Å². The number of carbonyl (C=O) groups is 1. The van der Waals surface area contributed by atoms with Crippen LogP contribution >= 0.6 is 0 Å². The predicted molar refractivity (Wildman–Crippen MR) is 136 cm³/mol. The number of alkyl halides is 3. The number of sulfone groups is 1. The number of unbranched alkanes of at least 4 members (excludes halogenated alkanes) is 7. The Kier molecular flexibility index (Phi) is 10.7. The smallest absolute Gasteiger partial charge is 0.417 e. The van der Waals surface area contributed by atoms with Crippen molar-refractivity contribution in [2.24, 2.45) is 5.92 Å². The summed E-state index contributed by atoms with van der Waals surface area (Å²) >= 11 is 0. The van der Waals surface area contributed by atoms with Gasteiger partial charge >= 0.3 is 12.1 Å². The highest BCUT2D eigenvalue weighted by Crippen LogP contribution is 2.42. The zero-order valence-corrected chi connectivity index (χ0v) is 22.3. The quantitative estimate of drug-likeness (QED) is 0.271. The van der Waals surface area contributed by atoms with Gasteiger partial charge in [-0.2, -0.15) is 13.2 Å². The van der Waals surface area contributed by atoms with Gasteiger partial charge in [-0.05, 0) is 37.0 Å². The molecule has 210 valence electrons. The first kappa shape index (κ1) is 30.0. The first-order chi connectivity index (χ1) is 18.1. The van der Waals surface area contributed by atoms with Crippen LogP contribution in [0.1, 0.15) is 76.7 Å². The number of aromatic nitrogens is 2. The number of halogens is 3. The minimum atomic E-state index is -4.94. The molecular weight excluding hydrogens is 521 g/mol. The highest BCUT2D eigenvalue weighted by Gasteiger charge is 2.48. The molecule has 1 aliphatic rings. The molecule has 0 saturated heterocycles. The zero-order chi connectivity index (χ0) is 27.8. The molecule has 1 aliphatic carbocycles. The molecule has 38 heavy (non-hydrogen) atoms. The first-order valence-electron chi connectivity index (χ1n) is 13.1. The molecule has 0 radical (unpaired) electrons. The van der Waals surface area contributed by atoms with Crippen molar-refractivity contribution in [3.8, 4) is 11.1 Å². The van der Waals surface area contributed by atoms with Crippen molar-refractivity contribution in [2.45, 2.75) is 93.6 Å². The summed E-state index contributed by atoms with van der Waals surface area (Å²) in [6.45, 7) is 2.45. The van der Waals surface area contributed by atoms with Gasteiger partial charge in [-0.1, -0.05) is 57.9 Å². The number of ether oxygens (including phenoxy) is 1. The standard InChI is InChI=1S/C27H35F3N2O5S/c1-2-3-4-5-6-7-8-9-12-37-24-15-21(14-22(24)26(33)34)38(35,36)25-11-10-19(13-23(25)27(28,29)30)20-16-31-18-32-17-20/h10-11,13,16-18,21-22,24H,2-9,12,14-15H2,1H3,(H,33,34)/t21-,22-,24-/m1/s1. The van der Waals surface area contributed by atoms with Gasteiger partial charge in [-0.25, -0.2) is 18.4 Å². The van der Waals surface area contributed by atoms with Crippen LogP contribution in [0.15, 0.2) is 41.8 Å². The van der Waals surface area contributed by atoms with Crippen molar-refractivity contribution in [2.75, 3.05) is 6.61 Å². The van der Waals surface area contributed by atoms with E-state index in [1.165, 1.54) is 50.5 Å². The number of rotatable bonds is 14. The van der Waals surface area contributed by atoms with E-state index in [-0.39, 0.29) is 25.0 Å². The summed E-state index contributed by atoms with van der Waals surface area (Å²) in [6, 6.07) is 2.98.